The molecule has 1 saturated carbocycles. The predicted molar refractivity (Wildman–Crippen MR) is 125 cm³/mol. The van der Waals surface area contributed by atoms with Gasteiger partial charge in [0.2, 0.25) is 10.0 Å². The van der Waals surface area contributed by atoms with Gasteiger partial charge in [-0.15, -0.1) is 0 Å². The van der Waals surface area contributed by atoms with Crippen LogP contribution in [0.3, 0.4) is 0 Å². The highest BCUT2D eigenvalue weighted by molar-refractivity contribution is 7.88. The van der Waals surface area contributed by atoms with Gasteiger partial charge in [0.15, 0.2) is 0 Å². The van der Waals surface area contributed by atoms with Crippen LogP contribution in [0.15, 0.2) is 17.1 Å². The summed E-state index contributed by atoms with van der Waals surface area (Å²) in [5, 5.41) is 14.2. The third-order valence-electron chi connectivity index (χ3n) is 6.91. The smallest absolute Gasteiger partial charge is 0.270 e. The van der Waals surface area contributed by atoms with E-state index in [4.69, 9.17) is 11.6 Å². The molecule has 1 aliphatic carbocycles. The summed E-state index contributed by atoms with van der Waals surface area (Å²) in [6, 6.07) is 3.78. The van der Waals surface area contributed by atoms with Crippen molar-refractivity contribution in [1.82, 2.24) is 13.9 Å². The molecule has 0 spiro atoms. The van der Waals surface area contributed by atoms with Gasteiger partial charge in [-0.2, -0.15) is 5.26 Å². The molecule has 0 aromatic carbocycles. The normalized spacial score (nSPS) is 22.2. The molecule has 0 unspecified atom stereocenters. The summed E-state index contributed by atoms with van der Waals surface area (Å²) in [4.78, 5) is 17.7. The summed E-state index contributed by atoms with van der Waals surface area (Å²) >= 11 is 6.29. The number of piperidine rings is 1. The molecule has 0 radical (unpaired) electrons. The number of anilines is 1. The van der Waals surface area contributed by atoms with Crippen molar-refractivity contribution < 1.29 is 8.42 Å². The molecule has 0 amide bonds. The average Bonchev–Trinajstić information content (AvgIpc) is 3.07. The van der Waals surface area contributed by atoms with Crippen LogP contribution in [0.4, 0.5) is 5.82 Å². The Morgan fingerprint density at radius 2 is 1.97 bits per heavy atom. The molecule has 32 heavy (non-hydrogen) atoms. The second-order valence-corrected chi connectivity index (χ2v) is 11.9. The minimum absolute atomic E-state index is 0.0135. The summed E-state index contributed by atoms with van der Waals surface area (Å²) in [6.07, 6.45) is 6.94. The van der Waals surface area contributed by atoms with E-state index in [0.29, 0.717) is 48.2 Å². The van der Waals surface area contributed by atoms with E-state index in [1.54, 1.807) is 16.8 Å². The van der Waals surface area contributed by atoms with Crippen LogP contribution in [-0.4, -0.2) is 47.7 Å². The number of halogens is 1. The Morgan fingerprint density at radius 1 is 1.28 bits per heavy atom. The molecule has 3 heterocycles. The number of rotatable bonds is 4. The molecule has 10 heteroatoms. The van der Waals surface area contributed by atoms with Gasteiger partial charge in [0.1, 0.15) is 22.5 Å². The first kappa shape index (κ1) is 23.0. The molecule has 2 fully saturated rings. The van der Waals surface area contributed by atoms with E-state index in [2.05, 4.69) is 30.2 Å². The highest BCUT2D eigenvalue weighted by Gasteiger charge is 2.38. The Morgan fingerprint density at radius 3 is 2.53 bits per heavy atom. The first-order valence-electron chi connectivity index (χ1n) is 10.9. The van der Waals surface area contributed by atoms with Crippen molar-refractivity contribution in [2.75, 3.05) is 24.7 Å². The zero-order chi connectivity index (χ0) is 23.3. The Labute approximate surface area is 193 Å². The van der Waals surface area contributed by atoms with Crippen LogP contribution in [-0.2, 0) is 10.0 Å². The van der Waals surface area contributed by atoms with Crippen LogP contribution in [0.25, 0.3) is 10.9 Å². The number of nitrogens with zero attached hydrogens (tertiary/aromatic N) is 4. The second kappa shape index (κ2) is 8.32. The lowest BCUT2D eigenvalue weighted by molar-refractivity contribution is 0.261. The van der Waals surface area contributed by atoms with E-state index >= 15 is 0 Å². The monoisotopic (exact) mass is 477 g/mol. The number of sulfonamides is 1. The quantitative estimate of drug-likeness (QED) is 0.721. The van der Waals surface area contributed by atoms with Crippen LogP contribution >= 0.6 is 11.6 Å². The number of nitrogens with one attached hydrogen (secondary N) is 1. The molecule has 1 N–H and O–H groups in total. The number of aromatic nitrogens is 2. The average molecular weight is 478 g/mol. The van der Waals surface area contributed by atoms with E-state index < -0.39 is 10.0 Å². The Kier molecular flexibility index (Phi) is 5.99. The molecule has 1 saturated heterocycles. The van der Waals surface area contributed by atoms with Crippen molar-refractivity contribution in [1.29, 1.82) is 5.26 Å². The minimum atomic E-state index is -3.21. The number of hydrogen-bond acceptors (Lipinski definition) is 6. The van der Waals surface area contributed by atoms with Crippen LogP contribution in [0.5, 0.6) is 0 Å². The van der Waals surface area contributed by atoms with E-state index in [1.807, 2.05) is 0 Å². The molecule has 2 aromatic rings. The highest BCUT2D eigenvalue weighted by atomic mass is 35.5. The molecule has 2 aromatic heterocycles. The van der Waals surface area contributed by atoms with Gasteiger partial charge in [-0.3, -0.25) is 4.79 Å². The summed E-state index contributed by atoms with van der Waals surface area (Å²) in [5.74, 6) is 0.420. The third kappa shape index (κ3) is 4.12. The molecular formula is C22H28ClN5O3S. The number of fused-ring (bicyclic) bond motifs is 1. The maximum Gasteiger partial charge on any atom is 0.270 e. The van der Waals surface area contributed by atoms with Gasteiger partial charge in [-0.1, -0.05) is 31.9 Å². The van der Waals surface area contributed by atoms with Crippen LogP contribution in [0.1, 0.15) is 57.6 Å². The molecule has 1 aliphatic heterocycles. The summed E-state index contributed by atoms with van der Waals surface area (Å²) in [6.45, 7) is 5.13. The van der Waals surface area contributed by atoms with Gasteiger partial charge in [0, 0.05) is 36.8 Å². The van der Waals surface area contributed by atoms with Crippen molar-refractivity contribution in [3.05, 3.63) is 33.2 Å². The fourth-order valence-corrected chi connectivity index (χ4v) is 6.20. The molecule has 172 valence electrons. The predicted octanol–water partition coefficient (Wildman–Crippen LogP) is 3.51. The summed E-state index contributed by atoms with van der Waals surface area (Å²) < 4.78 is 26.7. The lowest BCUT2D eigenvalue weighted by atomic mass is 9.87. The van der Waals surface area contributed by atoms with Crippen molar-refractivity contribution in [2.24, 2.45) is 5.41 Å². The third-order valence-corrected chi connectivity index (χ3v) is 8.49. The van der Waals surface area contributed by atoms with Crippen molar-refractivity contribution in [3.63, 3.8) is 0 Å². The topological polar surface area (TPSA) is 108 Å². The molecule has 0 bridgehead atoms. The maximum atomic E-state index is 13.2. The van der Waals surface area contributed by atoms with Gasteiger partial charge in [-0.25, -0.2) is 17.7 Å². The zero-order valence-corrected chi connectivity index (χ0v) is 20.1. The molecule has 8 nitrogen and oxygen atoms in total. The molecular weight excluding hydrogens is 450 g/mol. The zero-order valence-electron chi connectivity index (χ0n) is 18.6. The Bertz CT molecular complexity index is 1260. The van der Waals surface area contributed by atoms with Crippen LogP contribution < -0.4 is 10.9 Å². The number of hydrogen-bond donors (Lipinski definition) is 1. The lowest BCUT2D eigenvalue weighted by Crippen LogP contribution is -2.42. The Hall–Kier alpha value is -2.15. The first-order chi connectivity index (χ1) is 15.0. The fourth-order valence-electron chi connectivity index (χ4n) is 5.12. The van der Waals surface area contributed by atoms with E-state index in [1.165, 1.54) is 10.6 Å². The molecule has 4 rings (SSSR count). The standard InChI is InChI=1S/C22H28ClN5O3S/c1-22(2)8-4-5-18(22)28-19-14(11-17(23)21(28)29)13-25-20(16(19)12-24)26-15-6-9-27(10-7-15)32(3,30)31/h11,13,15,18H,4-10H2,1-3H3,(H,25,26)/t18-/m1/s1. The lowest BCUT2D eigenvalue weighted by Gasteiger charge is -2.32. The Balaban J connectivity index is 1.77. The van der Waals surface area contributed by atoms with Crippen molar-refractivity contribution in [3.8, 4) is 6.07 Å². The molecule has 2 aliphatic rings. The second-order valence-electron chi connectivity index (χ2n) is 9.54. The maximum absolute atomic E-state index is 13.2. The van der Waals surface area contributed by atoms with Gasteiger partial charge in [0.05, 0.1) is 11.8 Å². The summed E-state index contributed by atoms with van der Waals surface area (Å²) in [7, 11) is -3.21. The number of nitriles is 1. The fraction of sp³-hybridized carbons (Fsp3) is 0.591. The van der Waals surface area contributed by atoms with E-state index in [9.17, 15) is 18.5 Å². The van der Waals surface area contributed by atoms with E-state index in [-0.39, 0.29) is 28.1 Å². The summed E-state index contributed by atoms with van der Waals surface area (Å²) in [5.41, 5.74) is 0.510. The SMILES string of the molecule is CC1(C)CCC[C@H]1n1c(=O)c(Cl)cc2cnc(NC3CCN(S(C)(=O)=O)CC3)c(C#N)c21. The van der Waals surface area contributed by atoms with Gasteiger partial charge < -0.3 is 9.88 Å². The van der Waals surface area contributed by atoms with Gasteiger partial charge in [0.25, 0.3) is 5.56 Å². The first-order valence-corrected chi connectivity index (χ1v) is 13.1. The minimum Gasteiger partial charge on any atom is -0.366 e. The number of pyridine rings is 2. The van der Waals surface area contributed by atoms with E-state index in [0.717, 1.165) is 19.3 Å². The van der Waals surface area contributed by atoms with Crippen molar-refractivity contribution in [2.45, 2.75) is 58.0 Å². The largest absolute Gasteiger partial charge is 0.366 e. The molecule has 1 atom stereocenters. The van der Waals surface area contributed by atoms with Gasteiger partial charge in [-0.05, 0) is 37.2 Å². The van der Waals surface area contributed by atoms with Crippen LogP contribution in [0, 0.1) is 16.7 Å². The highest BCUT2D eigenvalue weighted by Crippen LogP contribution is 2.46. The van der Waals surface area contributed by atoms with Gasteiger partial charge >= 0.3 is 0 Å². The van der Waals surface area contributed by atoms with Crippen LogP contribution in [0.2, 0.25) is 5.02 Å². The van der Waals surface area contributed by atoms with Crippen molar-refractivity contribution >= 4 is 38.3 Å².